The van der Waals surface area contributed by atoms with Gasteiger partial charge in [-0.2, -0.15) is 0 Å². The van der Waals surface area contributed by atoms with Gasteiger partial charge in [0.2, 0.25) is 5.91 Å². The van der Waals surface area contributed by atoms with Crippen LogP contribution in [0.3, 0.4) is 0 Å². The van der Waals surface area contributed by atoms with Gasteiger partial charge in [0, 0.05) is 12.6 Å². The quantitative estimate of drug-likeness (QED) is 0.847. The zero-order valence-electron chi connectivity index (χ0n) is 13.4. The minimum atomic E-state index is -0.00126. The molecule has 2 aromatic rings. The van der Waals surface area contributed by atoms with Crippen molar-refractivity contribution in [3.63, 3.8) is 0 Å². The molecule has 0 saturated carbocycles. The van der Waals surface area contributed by atoms with Crippen molar-refractivity contribution in [1.82, 2.24) is 0 Å². The van der Waals surface area contributed by atoms with Crippen molar-refractivity contribution in [2.75, 3.05) is 19.1 Å². The van der Waals surface area contributed by atoms with E-state index in [1.807, 2.05) is 49.4 Å². The largest absolute Gasteiger partial charge is 0.493 e. The molecule has 0 unspecified atom stereocenters. The van der Waals surface area contributed by atoms with Gasteiger partial charge in [0.15, 0.2) is 11.5 Å². The minimum Gasteiger partial charge on any atom is -0.493 e. The normalized spacial score (nSPS) is 10.2. The van der Waals surface area contributed by atoms with Crippen molar-refractivity contribution in [1.29, 1.82) is 0 Å². The van der Waals surface area contributed by atoms with Crippen LogP contribution >= 0.6 is 0 Å². The highest BCUT2D eigenvalue weighted by molar-refractivity contribution is 5.91. The summed E-state index contributed by atoms with van der Waals surface area (Å²) in [6, 6.07) is 13.6. The molecule has 1 amide bonds. The fourth-order valence-electron chi connectivity index (χ4n) is 2.27. The Morgan fingerprint density at radius 2 is 1.64 bits per heavy atom. The molecular weight excluding hydrogens is 278 g/mol. The molecule has 0 aliphatic rings. The van der Waals surface area contributed by atoms with Crippen molar-refractivity contribution in [3.8, 4) is 11.5 Å². The number of benzene rings is 2. The summed E-state index contributed by atoms with van der Waals surface area (Å²) >= 11 is 0. The summed E-state index contributed by atoms with van der Waals surface area (Å²) in [6.45, 7) is 4.08. The monoisotopic (exact) mass is 299 g/mol. The van der Waals surface area contributed by atoms with Crippen LogP contribution in [0.4, 0.5) is 5.69 Å². The Balaban J connectivity index is 2.28. The number of hydrogen-bond donors (Lipinski definition) is 0. The van der Waals surface area contributed by atoms with Crippen LogP contribution in [-0.4, -0.2) is 20.1 Å². The molecule has 2 rings (SSSR count). The summed E-state index contributed by atoms with van der Waals surface area (Å²) in [5, 5.41) is 0. The number of amides is 1. The van der Waals surface area contributed by atoms with Crippen molar-refractivity contribution < 1.29 is 14.3 Å². The highest BCUT2D eigenvalue weighted by atomic mass is 16.5. The Morgan fingerprint density at radius 3 is 2.18 bits per heavy atom. The summed E-state index contributed by atoms with van der Waals surface area (Å²) in [6.07, 6.45) is 0. The van der Waals surface area contributed by atoms with Gasteiger partial charge in [0.25, 0.3) is 0 Å². The Labute approximate surface area is 131 Å². The SMILES string of the molecule is COc1ccc(CN(C(C)=O)c2ccc(C)cc2)cc1OC. The predicted molar refractivity (Wildman–Crippen MR) is 87.6 cm³/mol. The first-order valence-electron chi connectivity index (χ1n) is 7.11. The summed E-state index contributed by atoms with van der Waals surface area (Å²) < 4.78 is 10.5. The Kier molecular flexibility index (Phi) is 5.04. The van der Waals surface area contributed by atoms with E-state index in [-0.39, 0.29) is 5.91 Å². The maximum absolute atomic E-state index is 12.0. The fourth-order valence-corrected chi connectivity index (χ4v) is 2.27. The molecule has 0 saturated heterocycles. The maximum Gasteiger partial charge on any atom is 0.224 e. The van der Waals surface area contributed by atoms with Gasteiger partial charge in [-0.05, 0) is 36.8 Å². The summed E-state index contributed by atoms with van der Waals surface area (Å²) in [4.78, 5) is 13.7. The van der Waals surface area contributed by atoms with Crippen molar-refractivity contribution in [3.05, 3.63) is 53.6 Å². The van der Waals surface area contributed by atoms with E-state index in [0.717, 1.165) is 11.3 Å². The van der Waals surface area contributed by atoms with Crippen LogP contribution in [0.1, 0.15) is 18.1 Å². The van der Waals surface area contributed by atoms with Crippen LogP contribution in [0.25, 0.3) is 0 Å². The molecule has 0 aromatic heterocycles. The third-order valence-corrected chi connectivity index (χ3v) is 3.51. The zero-order valence-corrected chi connectivity index (χ0v) is 13.4. The van der Waals surface area contributed by atoms with Crippen molar-refractivity contribution in [2.45, 2.75) is 20.4 Å². The number of methoxy groups -OCH3 is 2. The molecule has 116 valence electrons. The third-order valence-electron chi connectivity index (χ3n) is 3.51. The Morgan fingerprint density at radius 1 is 1.00 bits per heavy atom. The van der Waals surface area contributed by atoms with Gasteiger partial charge in [-0.1, -0.05) is 23.8 Å². The van der Waals surface area contributed by atoms with Gasteiger partial charge in [-0.25, -0.2) is 0 Å². The van der Waals surface area contributed by atoms with Gasteiger partial charge < -0.3 is 14.4 Å². The van der Waals surface area contributed by atoms with E-state index in [4.69, 9.17) is 9.47 Å². The number of anilines is 1. The van der Waals surface area contributed by atoms with Crippen molar-refractivity contribution in [2.24, 2.45) is 0 Å². The summed E-state index contributed by atoms with van der Waals surface area (Å²) in [5.74, 6) is 1.34. The fraction of sp³-hybridized carbons (Fsp3) is 0.278. The number of nitrogens with zero attached hydrogens (tertiary/aromatic N) is 1. The highest BCUT2D eigenvalue weighted by Crippen LogP contribution is 2.29. The molecule has 2 aromatic carbocycles. The number of carbonyl (C=O) groups is 1. The van der Waals surface area contributed by atoms with E-state index < -0.39 is 0 Å². The molecule has 0 fully saturated rings. The van der Waals surface area contributed by atoms with Gasteiger partial charge in [0.05, 0.1) is 20.8 Å². The maximum atomic E-state index is 12.0. The molecule has 0 spiro atoms. The van der Waals surface area contributed by atoms with Crippen LogP contribution in [-0.2, 0) is 11.3 Å². The number of ether oxygens (including phenoxy) is 2. The van der Waals surface area contributed by atoms with E-state index in [1.54, 1.807) is 26.0 Å². The van der Waals surface area contributed by atoms with Gasteiger partial charge in [-0.3, -0.25) is 4.79 Å². The summed E-state index contributed by atoms with van der Waals surface area (Å²) in [5.41, 5.74) is 3.03. The van der Waals surface area contributed by atoms with Gasteiger partial charge >= 0.3 is 0 Å². The van der Waals surface area contributed by atoms with Gasteiger partial charge in [-0.15, -0.1) is 0 Å². The van der Waals surface area contributed by atoms with Crippen LogP contribution < -0.4 is 14.4 Å². The molecular formula is C18H21NO3. The second kappa shape index (κ2) is 6.98. The lowest BCUT2D eigenvalue weighted by Gasteiger charge is -2.22. The molecule has 22 heavy (non-hydrogen) atoms. The standard InChI is InChI=1S/C18H21NO3/c1-13-5-8-16(9-6-13)19(14(2)20)12-15-7-10-17(21-3)18(11-15)22-4/h5-11H,12H2,1-4H3. The van der Waals surface area contributed by atoms with E-state index in [1.165, 1.54) is 5.56 Å². The number of aryl methyl sites for hydroxylation is 1. The molecule has 0 aliphatic heterocycles. The molecule has 4 nitrogen and oxygen atoms in total. The summed E-state index contributed by atoms with van der Waals surface area (Å²) in [7, 11) is 3.20. The van der Waals surface area contributed by atoms with E-state index in [0.29, 0.717) is 18.0 Å². The zero-order chi connectivity index (χ0) is 16.1. The predicted octanol–water partition coefficient (Wildman–Crippen LogP) is 3.57. The Bertz CT molecular complexity index is 650. The Hall–Kier alpha value is -2.49. The number of hydrogen-bond acceptors (Lipinski definition) is 3. The molecule has 0 radical (unpaired) electrons. The van der Waals surface area contributed by atoms with E-state index in [9.17, 15) is 4.79 Å². The molecule has 0 heterocycles. The first-order chi connectivity index (χ1) is 10.5. The molecule has 0 bridgehead atoms. The first kappa shape index (κ1) is 15.9. The molecule has 0 aliphatic carbocycles. The smallest absolute Gasteiger partial charge is 0.224 e. The van der Waals surface area contributed by atoms with E-state index >= 15 is 0 Å². The average molecular weight is 299 g/mol. The average Bonchev–Trinajstić information content (AvgIpc) is 2.53. The lowest BCUT2D eigenvalue weighted by molar-refractivity contribution is -0.116. The lowest BCUT2D eigenvalue weighted by Crippen LogP contribution is -2.27. The minimum absolute atomic E-state index is 0.00126. The van der Waals surface area contributed by atoms with Crippen LogP contribution in [0.5, 0.6) is 11.5 Å². The van der Waals surface area contributed by atoms with Crippen LogP contribution in [0.15, 0.2) is 42.5 Å². The number of rotatable bonds is 5. The molecule has 4 heteroatoms. The van der Waals surface area contributed by atoms with Crippen LogP contribution in [0.2, 0.25) is 0 Å². The van der Waals surface area contributed by atoms with Crippen molar-refractivity contribution >= 4 is 11.6 Å². The van der Waals surface area contributed by atoms with Gasteiger partial charge in [0.1, 0.15) is 0 Å². The van der Waals surface area contributed by atoms with Crippen LogP contribution in [0, 0.1) is 6.92 Å². The number of carbonyl (C=O) groups excluding carboxylic acids is 1. The second-order valence-electron chi connectivity index (χ2n) is 5.13. The van der Waals surface area contributed by atoms with E-state index in [2.05, 4.69) is 0 Å². The lowest BCUT2D eigenvalue weighted by atomic mass is 10.1. The molecule has 0 atom stereocenters. The highest BCUT2D eigenvalue weighted by Gasteiger charge is 2.13. The topological polar surface area (TPSA) is 38.8 Å². The molecule has 0 N–H and O–H groups in total. The second-order valence-corrected chi connectivity index (χ2v) is 5.13. The third kappa shape index (κ3) is 3.58. The first-order valence-corrected chi connectivity index (χ1v) is 7.11.